The number of hydrogen-bond donors (Lipinski definition) is 1. The molecule has 0 spiro atoms. The summed E-state index contributed by atoms with van der Waals surface area (Å²) in [4.78, 5) is 2.58. The summed E-state index contributed by atoms with van der Waals surface area (Å²) in [6, 6.07) is 6.73. The van der Waals surface area contributed by atoms with Crippen LogP contribution >= 0.6 is 12.4 Å². The molecule has 0 amide bonds. The first-order valence-corrected chi connectivity index (χ1v) is 10.2. The van der Waals surface area contributed by atoms with Crippen LogP contribution in [-0.2, 0) is 26.1 Å². The van der Waals surface area contributed by atoms with E-state index in [1.165, 1.54) is 29.8 Å². The molecule has 1 fully saturated rings. The van der Waals surface area contributed by atoms with E-state index in [1.807, 2.05) is 0 Å². The van der Waals surface area contributed by atoms with E-state index in [4.69, 9.17) is 4.74 Å². The first-order chi connectivity index (χ1) is 13.1. The van der Waals surface area contributed by atoms with Crippen LogP contribution in [0.3, 0.4) is 0 Å². The van der Waals surface area contributed by atoms with Crippen LogP contribution in [-0.4, -0.2) is 44.9 Å². The Balaban J connectivity index is 0.00000192. The lowest BCUT2D eigenvalue weighted by Crippen LogP contribution is -2.34. The van der Waals surface area contributed by atoms with E-state index in [9.17, 15) is 0 Å². The molecule has 3 aliphatic heterocycles. The molecule has 3 aliphatic rings. The molecule has 0 atom stereocenters. The average molecular weight is 404 g/mol. The number of piperidine rings is 1. The van der Waals surface area contributed by atoms with Gasteiger partial charge in [0.1, 0.15) is 23.0 Å². The SMILES string of the molecule is CC1(C)Cc2cc(CN3CCC(c4nnc5n4CCNC5)CC3)ccc2O1.Cl. The van der Waals surface area contributed by atoms with E-state index in [0.29, 0.717) is 5.92 Å². The fraction of sp³-hybridized carbons (Fsp3) is 0.619. The maximum atomic E-state index is 6.01. The van der Waals surface area contributed by atoms with Crippen LogP contribution in [0.2, 0.25) is 0 Å². The quantitative estimate of drug-likeness (QED) is 0.853. The Morgan fingerprint density at radius 3 is 2.82 bits per heavy atom. The number of nitrogens with one attached hydrogen (secondary N) is 1. The molecule has 1 N–H and O–H groups in total. The van der Waals surface area contributed by atoms with Gasteiger partial charge in [-0.25, -0.2) is 0 Å². The molecule has 0 bridgehead atoms. The molecular formula is C21H30ClN5O. The first kappa shape index (κ1) is 19.7. The predicted octanol–water partition coefficient (Wildman–Crippen LogP) is 2.90. The van der Waals surface area contributed by atoms with E-state index in [1.54, 1.807) is 0 Å². The molecule has 4 heterocycles. The van der Waals surface area contributed by atoms with Crippen molar-refractivity contribution in [2.24, 2.45) is 0 Å². The van der Waals surface area contributed by atoms with E-state index in [2.05, 4.69) is 57.0 Å². The Bertz CT molecular complexity index is 841. The zero-order valence-electron chi connectivity index (χ0n) is 16.8. The van der Waals surface area contributed by atoms with Gasteiger partial charge < -0.3 is 14.6 Å². The summed E-state index contributed by atoms with van der Waals surface area (Å²) in [5.41, 5.74) is 2.70. The number of halogens is 1. The molecule has 0 radical (unpaired) electrons. The van der Waals surface area contributed by atoms with Crippen LogP contribution in [0.5, 0.6) is 5.75 Å². The average Bonchev–Trinajstić information content (AvgIpc) is 3.21. The minimum atomic E-state index is -0.0633. The summed E-state index contributed by atoms with van der Waals surface area (Å²) in [5.74, 6) is 3.92. The molecule has 6 nitrogen and oxygen atoms in total. The molecule has 7 heteroatoms. The Hall–Kier alpha value is -1.63. The largest absolute Gasteiger partial charge is 0.487 e. The van der Waals surface area contributed by atoms with Crippen LogP contribution in [0.1, 0.15) is 55.4 Å². The van der Waals surface area contributed by atoms with E-state index >= 15 is 0 Å². The number of rotatable bonds is 3. The molecule has 1 saturated heterocycles. The van der Waals surface area contributed by atoms with Gasteiger partial charge in [0.25, 0.3) is 0 Å². The third kappa shape index (κ3) is 3.78. The van der Waals surface area contributed by atoms with Crippen molar-refractivity contribution in [3.63, 3.8) is 0 Å². The fourth-order valence-electron chi connectivity index (χ4n) is 4.79. The number of ether oxygens (including phenoxy) is 1. The summed E-state index contributed by atoms with van der Waals surface area (Å²) >= 11 is 0. The van der Waals surface area contributed by atoms with E-state index in [-0.39, 0.29) is 18.0 Å². The summed E-state index contributed by atoms with van der Waals surface area (Å²) < 4.78 is 8.35. The van der Waals surface area contributed by atoms with Crippen molar-refractivity contribution < 1.29 is 4.74 Å². The van der Waals surface area contributed by atoms with Crippen molar-refractivity contribution in [1.29, 1.82) is 0 Å². The fourth-order valence-corrected chi connectivity index (χ4v) is 4.79. The number of likely N-dealkylation sites (tertiary alicyclic amines) is 1. The molecule has 152 valence electrons. The van der Waals surface area contributed by atoms with Crippen LogP contribution in [0.4, 0.5) is 0 Å². The minimum Gasteiger partial charge on any atom is -0.487 e. The van der Waals surface area contributed by atoms with Crippen molar-refractivity contribution in [3.8, 4) is 5.75 Å². The second-order valence-electron chi connectivity index (χ2n) is 8.83. The molecule has 1 aromatic heterocycles. The van der Waals surface area contributed by atoms with Crippen LogP contribution in [0.25, 0.3) is 0 Å². The second kappa shape index (κ2) is 7.65. The van der Waals surface area contributed by atoms with Crippen molar-refractivity contribution in [1.82, 2.24) is 25.0 Å². The van der Waals surface area contributed by atoms with Gasteiger partial charge in [0.15, 0.2) is 0 Å². The van der Waals surface area contributed by atoms with Gasteiger partial charge in [-0.15, -0.1) is 22.6 Å². The number of aromatic nitrogens is 3. The summed E-state index contributed by atoms with van der Waals surface area (Å²) in [7, 11) is 0. The van der Waals surface area contributed by atoms with Gasteiger partial charge >= 0.3 is 0 Å². The highest BCUT2D eigenvalue weighted by molar-refractivity contribution is 5.85. The predicted molar refractivity (Wildman–Crippen MR) is 111 cm³/mol. The van der Waals surface area contributed by atoms with Crippen molar-refractivity contribution in [2.45, 2.75) is 64.3 Å². The van der Waals surface area contributed by atoms with Crippen molar-refractivity contribution in [3.05, 3.63) is 41.0 Å². The lowest BCUT2D eigenvalue weighted by Gasteiger charge is -2.32. The van der Waals surface area contributed by atoms with Crippen LogP contribution in [0.15, 0.2) is 18.2 Å². The minimum absolute atomic E-state index is 0. The lowest BCUT2D eigenvalue weighted by atomic mass is 9.95. The Labute approximate surface area is 173 Å². The topological polar surface area (TPSA) is 55.2 Å². The zero-order chi connectivity index (χ0) is 18.4. The summed E-state index contributed by atoms with van der Waals surface area (Å²) in [6.07, 6.45) is 3.35. The van der Waals surface area contributed by atoms with Crippen LogP contribution < -0.4 is 10.1 Å². The maximum absolute atomic E-state index is 6.01. The van der Waals surface area contributed by atoms with Gasteiger partial charge in [0, 0.05) is 32.0 Å². The Morgan fingerprint density at radius 2 is 2.00 bits per heavy atom. The standard InChI is InChI=1S/C21H29N5O.ClH/c1-21(2)12-17-11-15(3-4-18(17)27-21)14-25-8-5-16(6-9-25)20-24-23-19-13-22-7-10-26(19)20;/h3-4,11,16,22H,5-10,12-14H2,1-2H3;1H. The normalized spacial score (nSPS) is 21.5. The highest BCUT2D eigenvalue weighted by Gasteiger charge is 2.30. The van der Waals surface area contributed by atoms with E-state index < -0.39 is 0 Å². The van der Waals surface area contributed by atoms with Gasteiger partial charge in [-0.1, -0.05) is 12.1 Å². The third-order valence-corrected chi connectivity index (χ3v) is 6.14. The number of benzene rings is 1. The highest BCUT2D eigenvalue weighted by Crippen LogP contribution is 2.36. The molecule has 0 unspecified atom stereocenters. The smallest absolute Gasteiger partial charge is 0.147 e. The monoisotopic (exact) mass is 403 g/mol. The van der Waals surface area contributed by atoms with E-state index in [0.717, 1.165) is 57.3 Å². The number of nitrogens with zero attached hydrogens (tertiary/aromatic N) is 4. The highest BCUT2D eigenvalue weighted by atomic mass is 35.5. The van der Waals surface area contributed by atoms with Gasteiger partial charge in [0.2, 0.25) is 0 Å². The van der Waals surface area contributed by atoms with Gasteiger partial charge in [-0.2, -0.15) is 0 Å². The maximum Gasteiger partial charge on any atom is 0.147 e. The molecule has 28 heavy (non-hydrogen) atoms. The first-order valence-electron chi connectivity index (χ1n) is 10.2. The molecule has 2 aromatic rings. The van der Waals surface area contributed by atoms with Gasteiger partial charge in [-0.3, -0.25) is 4.90 Å². The zero-order valence-corrected chi connectivity index (χ0v) is 17.6. The second-order valence-corrected chi connectivity index (χ2v) is 8.83. The molecule has 5 rings (SSSR count). The van der Waals surface area contributed by atoms with Gasteiger partial charge in [-0.05, 0) is 57.0 Å². The third-order valence-electron chi connectivity index (χ3n) is 6.14. The van der Waals surface area contributed by atoms with Crippen molar-refractivity contribution >= 4 is 12.4 Å². The van der Waals surface area contributed by atoms with Gasteiger partial charge in [0.05, 0.1) is 6.54 Å². The van der Waals surface area contributed by atoms with Crippen LogP contribution in [0, 0.1) is 0 Å². The number of fused-ring (bicyclic) bond motifs is 2. The summed E-state index contributed by atoms with van der Waals surface area (Å²) in [5, 5.41) is 12.3. The molecule has 1 aromatic carbocycles. The summed E-state index contributed by atoms with van der Waals surface area (Å²) in [6.45, 7) is 10.5. The lowest BCUT2D eigenvalue weighted by molar-refractivity contribution is 0.138. The molecule has 0 saturated carbocycles. The molecular weight excluding hydrogens is 374 g/mol. The Morgan fingerprint density at radius 1 is 1.18 bits per heavy atom. The number of hydrogen-bond acceptors (Lipinski definition) is 5. The van der Waals surface area contributed by atoms with Crippen molar-refractivity contribution in [2.75, 3.05) is 19.6 Å². The molecule has 0 aliphatic carbocycles. The Kier molecular flexibility index (Phi) is 5.38.